The Morgan fingerprint density at radius 2 is 1.79 bits per heavy atom. The highest BCUT2D eigenvalue weighted by atomic mass is 32.2. The van der Waals surface area contributed by atoms with Gasteiger partial charge in [0.2, 0.25) is 15.9 Å². The zero-order chi connectivity index (χ0) is 20.8. The largest absolute Gasteiger partial charge is 0.337 e. The number of benzene rings is 1. The normalized spacial score (nSPS) is 23.6. The molecule has 0 aromatic heterocycles. The lowest BCUT2D eigenvalue weighted by Crippen LogP contribution is -2.52. The molecule has 2 heterocycles. The number of piperazine rings is 1. The lowest BCUT2D eigenvalue weighted by molar-refractivity contribution is -0.133. The predicted octanol–water partition coefficient (Wildman–Crippen LogP) is 1.39. The Labute approximate surface area is 162 Å². The molecule has 0 aliphatic carbocycles. The number of rotatable bonds is 6. The first-order chi connectivity index (χ1) is 13.0. The molecule has 1 aromatic rings. The van der Waals surface area contributed by atoms with Gasteiger partial charge in [-0.15, -0.1) is 0 Å². The first-order valence-electron chi connectivity index (χ1n) is 9.19. The Balaban J connectivity index is 1.59. The van der Waals surface area contributed by atoms with Gasteiger partial charge < -0.3 is 10.6 Å². The van der Waals surface area contributed by atoms with Crippen LogP contribution >= 0.6 is 0 Å². The van der Waals surface area contributed by atoms with Crippen molar-refractivity contribution in [3.8, 4) is 0 Å². The summed E-state index contributed by atoms with van der Waals surface area (Å²) in [6.45, 7) is 3.83. The van der Waals surface area contributed by atoms with Crippen LogP contribution < -0.4 is 5.73 Å². The molecule has 6 nitrogen and oxygen atoms in total. The minimum absolute atomic E-state index is 0.0847. The number of nitrogens with zero attached hydrogens (tertiary/aromatic N) is 2. The second kappa shape index (κ2) is 7.64. The summed E-state index contributed by atoms with van der Waals surface area (Å²) in [7, 11) is -3.37. The Hall–Kier alpha value is -1.65. The maximum absolute atomic E-state index is 13.8. The van der Waals surface area contributed by atoms with Crippen molar-refractivity contribution in [3.63, 3.8) is 0 Å². The summed E-state index contributed by atoms with van der Waals surface area (Å²) in [5.74, 6) is -3.60. The molecular weight excluding hydrogens is 395 g/mol. The molecule has 3 rings (SSSR count). The summed E-state index contributed by atoms with van der Waals surface area (Å²) in [5.41, 5.74) is 5.84. The van der Waals surface area contributed by atoms with Crippen LogP contribution in [0.25, 0.3) is 0 Å². The van der Waals surface area contributed by atoms with Crippen LogP contribution in [0, 0.1) is 17.5 Å². The maximum Gasteiger partial charge on any atom is 0.224 e. The molecule has 0 radical (unpaired) electrons. The number of sulfonamides is 1. The third-order valence-corrected chi connectivity index (χ3v) is 7.73. The van der Waals surface area contributed by atoms with Crippen LogP contribution in [-0.4, -0.2) is 60.0 Å². The van der Waals surface area contributed by atoms with Crippen LogP contribution in [0.4, 0.5) is 13.2 Å². The standard InChI is InChI=1S/C18H24F3N3O3S/c1-10(2)28(26,27)24-9-13-6-14(24)8-23(13)18(25)5-12(22)3-11-4-16(20)17(21)7-15(11)19/h4,7,10,12-14H,3,5-6,8-9,22H2,1-2H3/t12-,13?,14?/m1/s1. The Kier molecular flexibility index (Phi) is 5.75. The number of amides is 1. The van der Waals surface area contributed by atoms with Crippen LogP contribution in [0.5, 0.6) is 0 Å². The number of carbonyl (C=O) groups is 1. The second-order valence-corrected chi connectivity index (χ2v) is 10.2. The monoisotopic (exact) mass is 419 g/mol. The summed E-state index contributed by atoms with van der Waals surface area (Å²) in [5, 5.41) is -0.518. The molecule has 0 spiro atoms. The van der Waals surface area contributed by atoms with Crippen molar-refractivity contribution < 1.29 is 26.4 Å². The molecule has 2 bridgehead atoms. The van der Waals surface area contributed by atoms with Crippen molar-refractivity contribution in [3.05, 3.63) is 35.1 Å². The van der Waals surface area contributed by atoms with Gasteiger partial charge in [0.25, 0.3) is 0 Å². The topological polar surface area (TPSA) is 83.7 Å². The van der Waals surface area contributed by atoms with E-state index in [9.17, 15) is 26.4 Å². The smallest absolute Gasteiger partial charge is 0.224 e. The Morgan fingerprint density at radius 3 is 2.36 bits per heavy atom. The van der Waals surface area contributed by atoms with Crippen molar-refractivity contribution in [2.24, 2.45) is 5.73 Å². The van der Waals surface area contributed by atoms with Gasteiger partial charge in [-0.3, -0.25) is 4.79 Å². The molecule has 156 valence electrons. The van der Waals surface area contributed by atoms with Gasteiger partial charge in [-0.1, -0.05) is 0 Å². The van der Waals surface area contributed by atoms with E-state index in [0.29, 0.717) is 19.0 Å². The Morgan fingerprint density at radius 1 is 1.14 bits per heavy atom. The molecule has 2 saturated heterocycles. The van der Waals surface area contributed by atoms with Gasteiger partial charge in [0, 0.05) is 43.7 Å². The molecule has 1 amide bonds. The zero-order valence-electron chi connectivity index (χ0n) is 15.7. The van der Waals surface area contributed by atoms with E-state index >= 15 is 0 Å². The lowest BCUT2D eigenvalue weighted by atomic mass is 10.0. The van der Waals surface area contributed by atoms with Crippen LogP contribution in [0.3, 0.4) is 0 Å². The number of likely N-dealkylation sites (tertiary alicyclic amines) is 1. The summed E-state index contributed by atoms with van der Waals surface area (Å²) >= 11 is 0. The van der Waals surface area contributed by atoms with Crippen molar-refractivity contribution in [2.45, 2.75) is 56.5 Å². The fourth-order valence-electron chi connectivity index (χ4n) is 3.93. The van der Waals surface area contributed by atoms with Crippen LogP contribution in [-0.2, 0) is 21.2 Å². The average Bonchev–Trinajstić information content (AvgIpc) is 3.20. The molecule has 2 aliphatic rings. The first kappa shape index (κ1) is 21.1. The zero-order valence-corrected chi connectivity index (χ0v) is 16.6. The molecule has 3 atom stereocenters. The minimum atomic E-state index is -3.37. The fraction of sp³-hybridized carbons (Fsp3) is 0.611. The third-order valence-electron chi connectivity index (χ3n) is 5.44. The average molecular weight is 419 g/mol. The summed E-state index contributed by atoms with van der Waals surface area (Å²) < 4.78 is 66.3. The molecule has 2 N–H and O–H groups in total. The quantitative estimate of drug-likeness (QED) is 0.707. The first-order valence-corrected chi connectivity index (χ1v) is 10.7. The van der Waals surface area contributed by atoms with E-state index in [4.69, 9.17) is 5.73 Å². The molecule has 1 aromatic carbocycles. The minimum Gasteiger partial charge on any atom is -0.337 e. The maximum atomic E-state index is 13.8. The van der Waals surface area contributed by atoms with Gasteiger partial charge >= 0.3 is 0 Å². The number of hydrogen-bond donors (Lipinski definition) is 1. The van der Waals surface area contributed by atoms with E-state index < -0.39 is 38.8 Å². The Bertz CT molecular complexity index is 878. The summed E-state index contributed by atoms with van der Waals surface area (Å²) in [4.78, 5) is 14.2. The number of hydrogen-bond acceptors (Lipinski definition) is 4. The molecule has 2 unspecified atom stereocenters. The number of carbonyl (C=O) groups excluding carboxylic acids is 1. The van der Waals surface area contributed by atoms with Crippen LogP contribution in [0.15, 0.2) is 12.1 Å². The van der Waals surface area contributed by atoms with Gasteiger partial charge in [-0.05, 0) is 38.3 Å². The highest BCUT2D eigenvalue weighted by Gasteiger charge is 2.50. The summed E-state index contributed by atoms with van der Waals surface area (Å²) in [6.07, 6.45) is 0.397. The van der Waals surface area contributed by atoms with Gasteiger partial charge in [-0.2, -0.15) is 4.31 Å². The van der Waals surface area contributed by atoms with Gasteiger partial charge in [0.15, 0.2) is 11.6 Å². The van der Waals surface area contributed by atoms with E-state index in [-0.39, 0.29) is 42.9 Å². The van der Waals surface area contributed by atoms with Gasteiger partial charge in [-0.25, -0.2) is 21.6 Å². The van der Waals surface area contributed by atoms with Crippen LogP contribution in [0.2, 0.25) is 0 Å². The number of fused-ring (bicyclic) bond motifs is 2. The van der Waals surface area contributed by atoms with Crippen LogP contribution in [0.1, 0.15) is 32.3 Å². The molecule has 10 heteroatoms. The molecular formula is C18H24F3N3O3S. The lowest BCUT2D eigenvalue weighted by Gasteiger charge is -2.34. The van der Waals surface area contributed by atoms with E-state index in [1.165, 1.54) is 4.31 Å². The number of nitrogens with two attached hydrogens (primary N) is 1. The highest BCUT2D eigenvalue weighted by Crippen LogP contribution is 2.34. The highest BCUT2D eigenvalue weighted by molar-refractivity contribution is 7.89. The third kappa shape index (κ3) is 3.90. The van der Waals surface area contributed by atoms with E-state index in [1.54, 1.807) is 18.7 Å². The predicted molar refractivity (Wildman–Crippen MR) is 97.3 cm³/mol. The van der Waals surface area contributed by atoms with E-state index in [2.05, 4.69) is 0 Å². The molecule has 2 fully saturated rings. The van der Waals surface area contributed by atoms with Gasteiger partial charge in [0.05, 0.1) is 5.25 Å². The van der Waals surface area contributed by atoms with Gasteiger partial charge in [0.1, 0.15) is 5.82 Å². The summed E-state index contributed by atoms with van der Waals surface area (Å²) in [6, 6.07) is 0.0186. The van der Waals surface area contributed by atoms with Crippen molar-refractivity contribution in [2.75, 3.05) is 13.1 Å². The molecule has 0 saturated carbocycles. The van der Waals surface area contributed by atoms with E-state index in [1.807, 2.05) is 0 Å². The molecule has 2 aliphatic heterocycles. The number of halogens is 3. The molecule has 28 heavy (non-hydrogen) atoms. The SMILES string of the molecule is CC(C)S(=O)(=O)N1CC2CC1CN2C(=O)C[C@H](N)Cc1cc(F)c(F)cc1F. The van der Waals surface area contributed by atoms with Crippen molar-refractivity contribution in [1.82, 2.24) is 9.21 Å². The fourth-order valence-corrected chi connectivity index (χ4v) is 5.42. The second-order valence-electron chi connectivity index (χ2n) is 7.78. The van der Waals surface area contributed by atoms with Crippen molar-refractivity contribution in [1.29, 1.82) is 0 Å². The van der Waals surface area contributed by atoms with E-state index in [0.717, 1.165) is 6.07 Å². The van der Waals surface area contributed by atoms with Crippen molar-refractivity contribution >= 4 is 15.9 Å².